The van der Waals surface area contributed by atoms with Crippen LogP contribution in [0.1, 0.15) is 6.92 Å². The van der Waals surface area contributed by atoms with Crippen LogP contribution in [0.3, 0.4) is 0 Å². The van der Waals surface area contributed by atoms with Crippen molar-refractivity contribution in [2.24, 2.45) is 7.05 Å². The van der Waals surface area contributed by atoms with Crippen LogP contribution in [0.15, 0.2) is 33.9 Å². The number of hydrogen-bond acceptors (Lipinski definition) is 2. The van der Waals surface area contributed by atoms with Gasteiger partial charge in [0.15, 0.2) is 0 Å². The second-order valence-electron chi connectivity index (χ2n) is 3.41. The van der Waals surface area contributed by atoms with E-state index >= 15 is 0 Å². The molecule has 1 aromatic heterocycles. The zero-order valence-electron chi connectivity index (χ0n) is 8.73. The molecule has 4 heteroatoms. The maximum Gasteiger partial charge on any atom is 0.331 e. The molecule has 0 fully saturated rings. The molecule has 0 bridgehead atoms. The SMILES string of the molecule is CCn1c(=O)n(C)c(=O)c2ccccc21. The van der Waals surface area contributed by atoms with Gasteiger partial charge in [0.2, 0.25) is 0 Å². The van der Waals surface area contributed by atoms with Crippen LogP contribution in [0.2, 0.25) is 0 Å². The number of para-hydroxylation sites is 1. The highest BCUT2D eigenvalue weighted by Gasteiger charge is 2.07. The third-order valence-corrected chi connectivity index (χ3v) is 2.56. The largest absolute Gasteiger partial charge is 0.331 e. The molecule has 0 amide bonds. The molecule has 4 nitrogen and oxygen atoms in total. The fourth-order valence-corrected chi connectivity index (χ4v) is 1.75. The summed E-state index contributed by atoms with van der Waals surface area (Å²) >= 11 is 0. The van der Waals surface area contributed by atoms with E-state index in [-0.39, 0.29) is 11.2 Å². The molecule has 0 atom stereocenters. The topological polar surface area (TPSA) is 44.0 Å². The van der Waals surface area contributed by atoms with Crippen LogP contribution < -0.4 is 11.2 Å². The van der Waals surface area contributed by atoms with Crippen molar-refractivity contribution in [1.82, 2.24) is 9.13 Å². The number of aromatic nitrogens is 2. The van der Waals surface area contributed by atoms with Gasteiger partial charge in [0, 0.05) is 13.6 Å². The van der Waals surface area contributed by atoms with Gasteiger partial charge >= 0.3 is 5.69 Å². The van der Waals surface area contributed by atoms with Crippen molar-refractivity contribution < 1.29 is 0 Å². The van der Waals surface area contributed by atoms with Crippen molar-refractivity contribution in [3.8, 4) is 0 Å². The van der Waals surface area contributed by atoms with E-state index in [1.54, 1.807) is 22.8 Å². The first-order chi connectivity index (χ1) is 7.16. The van der Waals surface area contributed by atoms with E-state index in [0.717, 1.165) is 4.57 Å². The molecule has 0 aliphatic rings. The summed E-state index contributed by atoms with van der Waals surface area (Å²) in [7, 11) is 1.50. The van der Waals surface area contributed by atoms with Gasteiger partial charge in [-0.25, -0.2) is 4.79 Å². The van der Waals surface area contributed by atoms with E-state index in [2.05, 4.69) is 0 Å². The second-order valence-corrected chi connectivity index (χ2v) is 3.41. The highest BCUT2D eigenvalue weighted by atomic mass is 16.2. The Labute approximate surface area is 86.4 Å². The van der Waals surface area contributed by atoms with Gasteiger partial charge in [0.25, 0.3) is 5.56 Å². The van der Waals surface area contributed by atoms with Gasteiger partial charge in [-0.3, -0.25) is 13.9 Å². The fraction of sp³-hybridized carbons (Fsp3) is 0.273. The van der Waals surface area contributed by atoms with Crippen molar-refractivity contribution in [3.63, 3.8) is 0 Å². The van der Waals surface area contributed by atoms with Crippen molar-refractivity contribution in [1.29, 1.82) is 0 Å². The molecule has 0 aliphatic carbocycles. The van der Waals surface area contributed by atoms with E-state index < -0.39 is 0 Å². The Morgan fingerprint density at radius 2 is 1.87 bits per heavy atom. The minimum Gasteiger partial charge on any atom is -0.293 e. The highest BCUT2D eigenvalue weighted by molar-refractivity contribution is 5.77. The predicted molar refractivity (Wildman–Crippen MR) is 59.1 cm³/mol. The van der Waals surface area contributed by atoms with Crippen molar-refractivity contribution >= 4 is 10.9 Å². The third kappa shape index (κ3) is 1.29. The van der Waals surface area contributed by atoms with Crippen molar-refractivity contribution in [2.75, 3.05) is 0 Å². The lowest BCUT2D eigenvalue weighted by Crippen LogP contribution is -2.37. The summed E-state index contributed by atoms with van der Waals surface area (Å²) < 4.78 is 2.74. The molecule has 0 N–H and O–H groups in total. The van der Waals surface area contributed by atoms with Crippen LogP contribution in [0.5, 0.6) is 0 Å². The molecule has 2 rings (SSSR count). The maximum atomic E-state index is 11.8. The van der Waals surface area contributed by atoms with Gasteiger partial charge in [-0.15, -0.1) is 0 Å². The lowest BCUT2D eigenvalue weighted by Gasteiger charge is -2.08. The molecule has 2 aromatic rings. The Morgan fingerprint density at radius 3 is 2.53 bits per heavy atom. The van der Waals surface area contributed by atoms with Gasteiger partial charge < -0.3 is 0 Å². The summed E-state index contributed by atoms with van der Waals surface area (Å²) in [5.74, 6) is 0. The fourth-order valence-electron chi connectivity index (χ4n) is 1.75. The zero-order valence-corrected chi connectivity index (χ0v) is 8.73. The Morgan fingerprint density at radius 1 is 1.20 bits per heavy atom. The molecule has 0 aliphatic heterocycles. The number of hydrogen-bond donors (Lipinski definition) is 0. The highest BCUT2D eigenvalue weighted by Crippen LogP contribution is 2.06. The lowest BCUT2D eigenvalue weighted by atomic mass is 10.2. The van der Waals surface area contributed by atoms with Crippen molar-refractivity contribution in [3.05, 3.63) is 45.1 Å². The number of rotatable bonds is 1. The molecule has 15 heavy (non-hydrogen) atoms. The van der Waals surface area contributed by atoms with Gasteiger partial charge in [-0.05, 0) is 19.1 Å². The minimum absolute atomic E-state index is 0.236. The first-order valence-corrected chi connectivity index (χ1v) is 4.85. The van der Waals surface area contributed by atoms with Crippen LogP contribution in [0, 0.1) is 0 Å². The van der Waals surface area contributed by atoms with Gasteiger partial charge in [0.05, 0.1) is 10.9 Å². The molecule has 0 unspecified atom stereocenters. The molecular weight excluding hydrogens is 192 g/mol. The molecule has 78 valence electrons. The van der Waals surface area contributed by atoms with Gasteiger partial charge in [-0.2, -0.15) is 0 Å². The Bertz CT molecular complexity index is 623. The van der Waals surface area contributed by atoms with Crippen LogP contribution >= 0.6 is 0 Å². The molecule has 0 spiro atoms. The molecule has 0 saturated carbocycles. The van der Waals surface area contributed by atoms with E-state index in [0.29, 0.717) is 17.4 Å². The second kappa shape index (κ2) is 3.38. The standard InChI is InChI=1S/C11H12N2O2/c1-3-13-9-7-5-4-6-8(9)10(14)12(2)11(13)15/h4-7H,3H2,1-2H3. The van der Waals surface area contributed by atoms with E-state index in [9.17, 15) is 9.59 Å². The number of nitrogens with zero attached hydrogens (tertiary/aromatic N) is 2. The predicted octanol–water partition coefficient (Wildman–Crippen LogP) is 0.720. The lowest BCUT2D eigenvalue weighted by molar-refractivity contribution is 0.657. The van der Waals surface area contributed by atoms with E-state index in [4.69, 9.17) is 0 Å². The zero-order chi connectivity index (χ0) is 11.0. The third-order valence-electron chi connectivity index (χ3n) is 2.56. The van der Waals surface area contributed by atoms with Crippen molar-refractivity contribution in [2.45, 2.75) is 13.5 Å². The smallest absolute Gasteiger partial charge is 0.293 e. The maximum absolute atomic E-state index is 11.8. The average molecular weight is 204 g/mol. The number of benzene rings is 1. The summed E-state index contributed by atoms with van der Waals surface area (Å²) in [6.45, 7) is 2.45. The van der Waals surface area contributed by atoms with Crippen LogP contribution in [-0.4, -0.2) is 9.13 Å². The molecule has 1 aromatic carbocycles. The first kappa shape index (κ1) is 9.71. The Hall–Kier alpha value is -1.84. The van der Waals surface area contributed by atoms with Gasteiger partial charge in [-0.1, -0.05) is 12.1 Å². The normalized spacial score (nSPS) is 10.8. The Kier molecular flexibility index (Phi) is 2.19. The first-order valence-electron chi connectivity index (χ1n) is 4.85. The summed E-state index contributed by atoms with van der Waals surface area (Å²) in [4.78, 5) is 23.5. The summed E-state index contributed by atoms with van der Waals surface area (Å²) in [5, 5.41) is 0.585. The summed E-state index contributed by atoms with van der Waals surface area (Å²) in [6, 6.07) is 7.16. The van der Waals surface area contributed by atoms with E-state index in [1.807, 2.05) is 13.0 Å². The van der Waals surface area contributed by atoms with Crippen LogP contribution in [-0.2, 0) is 13.6 Å². The number of fused-ring (bicyclic) bond motifs is 1. The molecule has 0 saturated heterocycles. The molecular formula is C11H12N2O2. The van der Waals surface area contributed by atoms with Crippen LogP contribution in [0.4, 0.5) is 0 Å². The molecule has 0 radical (unpaired) electrons. The number of aryl methyl sites for hydroxylation is 1. The monoisotopic (exact) mass is 204 g/mol. The summed E-state index contributed by atoms with van der Waals surface area (Å²) in [6.07, 6.45) is 0. The quantitative estimate of drug-likeness (QED) is 0.687. The van der Waals surface area contributed by atoms with E-state index in [1.165, 1.54) is 7.05 Å². The molecule has 1 heterocycles. The van der Waals surface area contributed by atoms with Gasteiger partial charge in [0.1, 0.15) is 0 Å². The summed E-state index contributed by atoms with van der Waals surface area (Å²) in [5.41, 5.74) is 0.203. The Balaban J connectivity index is 3.12. The average Bonchev–Trinajstić information content (AvgIpc) is 2.27. The minimum atomic E-state index is -0.263. The van der Waals surface area contributed by atoms with Crippen LogP contribution in [0.25, 0.3) is 10.9 Å².